The molecule has 7 heteroatoms. The average Bonchev–Trinajstić information content (AvgIpc) is 2.75. The largest absolute Gasteiger partial charge is 0.471 e. The molecule has 1 aliphatic rings. The van der Waals surface area contributed by atoms with Gasteiger partial charge in [-0.2, -0.15) is 13.2 Å². The Labute approximate surface area is 100 Å². The van der Waals surface area contributed by atoms with E-state index in [1.165, 1.54) is 16.2 Å². The lowest BCUT2D eigenvalue weighted by molar-refractivity contribution is -0.173. The van der Waals surface area contributed by atoms with Crippen LogP contribution in [-0.4, -0.2) is 23.6 Å². The number of alkyl halides is 3. The van der Waals surface area contributed by atoms with E-state index >= 15 is 0 Å². The van der Waals surface area contributed by atoms with Gasteiger partial charge < -0.3 is 5.32 Å². The normalized spacial score (nSPS) is 14.8. The number of fused-ring (bicyclic) bond motifs is 1. The number of halogens is 3. The Morgan fingerprint density at radius 3 is 2.82 bits per heavy atom. The minimum absolute atomic E-state index is 0.0231. The fraction of sp³-hybridized carbons (Fsp3) is 0.600. The summed E-state index contributed by atoms with van der Waals surface area (Å²) in [5.74, 6) is -1.89. The minimum Gasteiger partial charge on any atom is -0.348 e. The van der Waals surface area contributed by atoms with E-state index in [0.29, 0.717) is 6.42 Å². The van der Waals surface area contributed by atoms with Gasteiger partial charge >= 0.3 is 12.1 Å². The van der Waals surface area contributed by atoms with Crippen LogP contribution in [-0.2, 0) is 24.1 Å². The van der Waals surface area contributed by atoms with Crippen LogP contribution in [0.15, 0.2) is 0 Å². The zero-order chi connectivity index (χ0) is 12.5. The van der Waals surface area contributed by atoms with Gasteiger partial charge in [-0.05, 0) is 19.3 Å². The number of aromatic nitrogens is 1. The third kappa shape index (κ3) is 2.96. The molecule has 1 N–H and O–H groups in total. The van der Waals surface area contributed by atoms with Gasteiger partial charge in [0.2, 0.25) is 0 Å². The molecule has 3 nitrogen and oxygen atoms in total. The second-order valence-corrected chi connectivity index (χ2v) is 5.00. The topological polar surface area (TPSA) is 42.0 Å². The van der Waals surface area contributed by atoms with E-state index in [4.69, 9.17) is 0 Å². The summed E-state index contributed by atoms with van der Waals surface area (Å²) in [6, 6.07) is 0. The van der Waals surface area contributed by atoms with Gasteiger partial charge in [-0.15, -0.1) is 11.3 Å². The molecule has 1 aromatic heterocycles. The molecule has 94 valence electrons. The molecule has 1 aromatic rings. The summed E-state index contributed by atoms with van der Waals surface area (Å²) in [6.07, 6.45) is -1.36. The van der Waals surface area contributed by atoms with Gasteiger partial charge in [-0.25, -0.2) is 4.98 Å². The van der Waals surface area contributed by atoms with Crippen molar-refractivity contribution in [2.24, 2.45) is 0 Å². The summed E-state index contributed by atoms with van der Waals surface area (Å²) < 4.78 is 35.6. The number of hydrogen-bond donors (Lipinski definition) is 1. The van der Waals surface area contributed by atoms with Crippen molar-refractivity contribution >= 4 is 17.2 Å². The van der Waals surface area contributed by atoms with Crippen LogP contribution in [0.25, 0.3) is 0 Å². The van der Waals surface area contributed by atoms with Gasteiger partial charge in [0, 0.05) is 17.8 Å². The average molecular weight is 264 g/mol. The first kappa shape index (κ1) is 12.3. The zero-order valence-corrected chi connectivity index (χ0v) is 9.75. The zero-order valence-electron chi connectivity index (χ0n) is 8.93. The van der Waals surface area contributed by atoms with Crippen LogP contribution in [0.2, 0.25) is 0 Å². The molecule has 0 spiro atoms. The highest BCUT2D eigenvalue weighted by molar-refractivity contribution is 7.11. The summed E-state index contributed by atoms with van der Waals surface area (Å²) in [5.41, 5.74) is 1.08. The summed E-state index contributed by atoms with van der Waals surface area (Å²) in [4.78, 5) is 16.1. The van der Waals surface area contributed by atoms with Crippen LogP contribution in [0.1, 0.15) is 22.0 Å². The monoisotopic (exact) mass is 264 g/mol. The van der Waals surface area contributed by atoms with Gasteiger partial charge in [-0.1, -0.05) is 0 Å². The summed E-state index contributed by atoms with van der Waals surface area (Å²) in [6.45, 7) is -0.0231. The van der Waals surface area contributed by atoms with Gasteiger partial charge in [-0.3, -0.25) is 4.79 Å². The van der Waals surface area contributed by atoms with Gasteiger partial charge in [0.15, 0.2) is 0 Å². The van der Waals surface area contributed by atoms with Crippen molar-refractivity contribution in [1.82, 2.24) is 10.3 Å². The maximum Gasteiger partial charge on any atom is 0.471 e. The Morgan fingerprint density at radius 1 is 1.41 bits per heavy atom. The van der Waals surface area contributed by atoms with Crippen LogP contribution < -0.4 is 5.32 Å². The van der Waals surface area contributed by atoms with E-state index < -0.39 is 12.1 Å². The Bertz CT molecular complexity index is 406. The van der Waals surface area contributed by atoms with Gasteiger partial charge in [0.25, 0.3) is 0 Å². The van der Waals surface area contributed by atoms with Crippen molar-refractivity contribution in [3.8, 4) is 0 Å². The molecule has 0 fully saturated rings. The first-order valence-electron chi connectivity index (χ1n) is 5.29. The van der Waals surface area contributed by atoms with Crippen molar-refractivity contribution in [2.75, 3.05) is 6.54 Å². The standard InChI is InChI=1S/C10H11F3N2OS/c11-10(12,13)9(16)14-5-4-8-15-6-2-1-3-7(6)17-8/h1-5H2,(H,14,16). The number of carbonyl (C=O) groups excluding carboxylic acids is 1. The molecule has 1 aliphatic carbocycles. The van der Waals surface area contributed by atoms with Crippen LogP contribution in [0.3, 0.4) is 0 Å². The van der Waals surface area contributed by atoms with Crippen molar-refractivity contribution < 1.29 is 18.0 Å². The fourth-order valence-corrected chi connectivity index (χ4v) is 2.89. The quantitative estimate of drug-likeness (QED) is 0.905. The minimum atomic E-state index is -4.80. The highest BCUT2D eigenvalue weighted by Gasteiger charge is 2.38. The van der Waals surface area contributed by atoms with E-state index in [2.05, 4.69) is 4.98 Å². The number of aryl methyl sites for hydroxylation is 2. The third-order valence-corrected chi connectivity index (χ3v) is 3.74. The van der Waals surface area contributed by atoms with E-state index in [1.807, 2.05) is 5.32 Å². The highest BCUT2D eigenvalue weighted by Crippen LogP contribution is 2.27. The van der Waals surface area contributed by atoms with Crippen molar-refractivity contribution in [3.05, 3.63) is 15.6 Å². The molecular weight excluding hydrogens is 253 g/mol. The molecule has 1 heterocycles. The van der Waals surface area contributed by atoms with Crippen LogP contribution in [0.4, 0.5) is 13.2 Å². The van der Waals surface area contributed by atoms with Crippen LogP contribution in [0, 0.1) is 0 Å². The molecule has 2 rings (SSSR count). The van der Waals surface area contributed by atoms with Crippen molar-refractivity contribution in [2.45, 2.75) is 31.9 Å². The maximum atomic E-state index is 11.9. The molecule has 0 saturated carbocycles. The number of hydrogen-bond acceptors (Lipinski definition) is 3. The Hall–Kier alpha value is -1.11. The molecule has 0 bridgehead atoms. The lowest BCUT2D eigenvalue weighted by Crippen LogP contribution is -2.37. The van der Waals surface area contributed by atoms with E-state index in [1.54, 1.807) is 0 Å². The number of nitrogens with zero attached hydrogens (tertiary/aromatic N) is 1. The molecule has 0 aromatic carbocycles. The maximum absolute atomic E-state index is 11.9. The number of amides is 1. The molecule has 0 radical (unpaired) electrons. The van der Waals surface area contributed by atoms with E-state index in [-0.39, 0.29) is 6.54 Å². The van der Waals surface area contributed by atoms with E-state index in [9.17, 15) is 18.0 Å². The molecule has 17 heavy (non-hydrogen) atoms. The third-order valence-electron chi connectivity index (χ3n) is 2.52. The first-order valence-corrected chi connectivity index (χ1v) is 6.11. The second-order valence-electron chi connectivity index (χ2n) is 3.83. The SMILES string of the molecule is O=C(NCCc1nc2c(s1)CCC2)C(F)(F)F. The highest BCUT2D eigenvalue weighted by atomic mass is 32.1. The Morgan fingerprint density at radius 2 is 2.18 bits per heavy atom. The summed E-state index contributed by atoms with van der Waals surface area (Å²) >= 11 is 1.54. The van der Waals surface area contributed by atoms with Gasteiger partial charge in [0.1, 0.15) is 0 Å². The number of thiazole rings is 1. The lowest BCUT2D eigenvalue weighted by atomic mass is 10.3. The molecule has 0 atom stereocenters. The van der Waals surface area contributed by atoms with Gasteiger partial charge in [0.05, 0.1) is 10.7 Å². The predicted molar refractivity (Wildman–Crippen MR) is 56.9 cm³/mol. The predicted octanol–water partition coefficient (Wildman–Crippen LogP) is 1.85. The molecular formula is C10H11F3N2OS. The molecule has 0 aliphatic heterocycles. The summed E-state index contributed by atoms with van der Waals surface area (Å²) in [5, 5.41) is 2.64. The number of nitrogens with one attached hydrogen (secondary N) is 1. The number of rotatable bonds is 3. The van der Waals surface area contributed by atoms with Crippen LogP contribution in [0.5, 0.6) is 0 Å². The Kier molecular flexibility index (Phi) is 3.37. The van der Waals surface area contributed by atoms with E-state index in [0.717, 1.165) is 30.0 Å². The first-order chi connectivity index (χ1) is 7.97. The molecule has 1 amide bonds. The molecule has 0 unspecified atom stereocenters. The van der Waals surface area contributed by atoms with Crippen molar-refractivity contribution in [3.63, 3.8) is 0 Å². The lowest BCUT2D eigenvalue weighted by Gasteiger charge is -2.06. The second kappa shape index (κ2) is 4.64. The smallest absolute Gasteiger partial charge is 0.348 e. The molecule has 0 saturated heterocycles. The fourth-order valence-electron chi connectivity index (χ4n) is 1.73. The number of carbonyl (C=O) groups is 1. The van der Waals surface area contributed by atoms with Crippen molar-refractivity contribution in [1.29, 1.82) is 0 Å². The summed E-state index contributed by atoms with van der Waals surface area (Å²) in [7, 11) is 0. The Balaban J connectivity index is 1.81. The van der Waals surface area contributed by atoms with Crippen LogP contribution >= 0.6 is 11.3 Å².